The molecule has 0 aliphatic carbocycles. The Balaban J connectivity index is 1.84. The Morgan fingerprint density at radius 3 is 2.86 bits per heavy atom. The number of amides is 2. The van der Waals surface area contributed by atoms with Crippen LogP contribution in [0.4, 0.5) is 10.5 Å². The number of H-pyrrole nitrogens is 1. The number of aromatic amines is 1. The minimum atomic E-state index is -0.154. The first-order valence-corrected chi connectivity index (χ1v) is 8.02. The van der Waals surface area contributed by atoms with Crippen molar-refractivity contribution in [1.82, 2.24) is 15.2 Å². The molecule has 1 aromatic carbocycles. The van der Waals surface area contributed by atoms with Gasteiger partial charge in [0, 0.05) is 29.3 Å². The van der Waals surface area contributed by atoms with E-state index in [2.05, 4.69) is 39.8 Å². The molecule has 1 aromatic heterocycles. The van der Waals surface area contributed by atoms with Gasteiger partial charge in [-0.25, -0.2) is 4.79 Å². The van der Waals surface area contributed by atoms with Gasteiger partial charge in [-0.1, -0.05) is 0 Å². The number of aromatic nitrogens is 1. The summed E-state index contributed by atoms with van der Waals surface area (Å²) in [5.74, 6) is 0.602. The zero-order valence-electron chi connectivity index (χ0n) is 13.3. The summed E-state index contributed by atoms with van der Waals surface area (Å²) in [6, 6.07) is 5.90. The van der Waals surface area contributed by atoms with E-state index in [1.807, 2.05) is 19.1 Å². The van der Waals surface area contributed by atoms with Gasteiger partial charge >= 0.3 is 6.03 Å². The number of carbonyl (C=O) groups excluding carboxylic acids is 1. The van der Waals surface area contributed by atoms with Crippen molar-refractivity contribution in [3.63, 3.8) is 0 Å². The number of piperidine rings is 1. The molecule has 5 heteroatoms. The molecule has 1 aliphatic rings. The van der Waals surface area contributed by atoms with Gasteiger partial charge in [-0.15, -0.1) is 0 Å². The second kappa shape index (κ2) is 6.40. The predicted molar refractivity (Wildman–Crippen MR) is 90.5 cm³/mol. The van der Waals surface area contributed by atoms with E-state index < -0.39 is 0 Å². The monoisotopic (exact) mass is 300 g/mol. The Bertz CT molecular complexity index is 656. The molecule has 1 fully saturated rings. The zero-order chi connectivity index (χ0) is 15.5. The fourth-order valence-electron chi connectivity index (χ4n) is 3.21. The van der Waals surface area contributed by atoms with Gasteiger partial charge in [0.25, 0.3) is 0 Å². The second-order valence-corrected chi connectivity index (χ2v) is 6.07. The maximum absolute atomic E-state index is 11.7. The van der Waals surface area contributed by atoms with Crippen LogP contribution in [-0.2, 0) is 0 Å². The SMILES string of the molecule is CCNC(=O)Nc1ccc2[nH]cc(C3CCN(C)CC3)c2c1. The number of carbonyl (C=O) groups is 1. The minimum Gasteiger partial charge on any atom is -0.361 e. The summed E-state index contributed by atoms with van der Waals surface area (Å²) in [4.78, 5) is 17.4. The highest BCUT2D eigenvalue weighted by Crippen LogP contribution is 2.33. The molecule has 0 saturated carbocycles. The summed E-state index contributed by atoms with van der Waals surface area (Å²) >= 11 is 0. The number of rotatable bonds is 3. The van der Waals surface area contributed by atoms with Crippen molar-refractivity contribution < 1.29 is 4.79 Å². The first-order valence-electron chi connectivity index (χ1n) is 8.02. The standard InChI is InChI=1S/C17H24N4O/c1-3-18-17(22)20-13-4-5-16-14(10-13)15(11-19-16)12-6-8-21(2)9-7-12/h4-5,10-12,19H,3,6-9H2,1-2H3,(H2,18,20,22). The van der Waals surface area contributed by atoms with Crippen LogP contribution in [-0.4, -0.2) is 42.6 Å². The third-order valence-corrected chi connectivity index (χ3v) is 4.47. The molecule has 1 aliphatic heterocycles. The second-order valence-electron chi connectivity index (χ2n) is 6.07. The van der Waals surface area contributed by atoms with Crippen LogP contribution in [0.15, 0.2) is 24.4 Å². The lowest BCUT2D eigenvalue weighted by Crippen LogP contribution is -2.29. The van der Waals surface area contributed by atoms with Crippen molar-refractivity contribution in [2.45, 2.75) is 25.7 Å². The molecule has 2 amide bonds. The molecular formula is C17H24N4O. The molecule has 118 valence electrons. The van der Waals surface area contributed by atoms with E-state index in [-0.39, 0.29) is 6.03 Å². The van der Waals surface area contributed by atoms with Crippen molar-refractivity contribution in [3.05, 3.63) is 30.0 Å². The first-order chi connectivity index (χ1) is 10.7. The number of hydrogen-bond donors (Lipinski definition) is 3. The quantitative estimate of drug-likeness (QED) is 0.815. The minimum absolute atomic E-state index is 0.154. The number of benzene rings is 1. The van der Waals surface area contributed by atoms with Crippen molar-refractivity contribution in [2.75, 3.05) is 32.0 Å². The lowest BCUT2D eigenvalue weighted by molar-refractivity contribution is 0.252. The summed E-state index contributed by atoms with van der Waals surface area (Å²) < 4.78 is 0. The molecule has 1 saturated heterocycles. The number of nitrogens with zero attached hydrogens (tertiary/aromatic N) is 1. The Morgan fingerprint density at radius 2 is 2.14 bits per heavy atom. The molecule has 0 bridgehead atoms. The molecule has 5 nitrogen and oxygen atoms in total. The van der Waals surface area contributed by atoms with Gasteiger partial charge < -0.3 is 20.5 Å². The van der Waals surface area contributed by atoms with Crippen LogP contribution in [0.25, 0.3) is 10.9 Å². The first kappa shape index (κ1) is 14.9. The van der Waals surface area contributed by atoms with Gasteiger partial charge in [0.2, 0.25) is 0 Å². The van der Waals surface area contributed by atoms with Gasteiger partial charge in [0.15, 0.2) is 0 Å². The van der Waals surface area contributed by atoms with Gasteiger partial charge in [-0.05, 0) is 69.6 Å². The average Bonchev–Trinajstić information content (AvgIpc) is 2.91. The van der Waals surface area contributed by atoms with Crippen molar-refractivity contribution >= 4 is 22.6 Å². The molecule has 0 spiro atoms. The third-order valence-electron chi connectivity index (χ3n) is 4.47. The maximum Gasteiger partial charge on any atom is 0.319 e. The maximum atomic E-state index is 11.7. The van der Waals surface area contributed by atoms with E-state index in [1.54, 1.807) is 0 Å². The van der Waals surface area contributed by atoms with E-state index >= 15 is 0 Å². The molecule has 0 unspecified atom stereocenters. The van der Waals surface area contributed by atoms with Crippen LogP contribution >= 0.6 is 0 Å². The van der Waals surface area contributed by atoms with Crippen LogP contribution in [0, 0.1) is 0 Å². The summed E-state index contributed by atoms with van der Waals surface area (Å²) in [5.41, 5.74) is 3.35. The van der Waals surface area contributed by atoms with Crippen LogP contribution in [0.2, 0.25) is 0 Å². The molecule has 2 aromatic rings. The highest BCUT2D eigenvalue weighted by molar-refractivity contribution is 5.94. The Labute approximate surface area is 131 Å². The topological polar surface area (TPSA) is 60.2 Å². The molecule has 0 atom stereocenters. The van der Waals surface area contributed by atoms with Gasteiger partial charge in [0.1, 0.15) is 0 Å². The fourth-order valence-corrected chi connectivity index (χ4v) is 3.21. The van der Waals surface area contributed by atoms with E-state index in [9.17, 15) is 4.79 Å². The number of fused-ring (bicyclic) bond motifs is 1. The number of nitrogens with one attached hydrogen (secondary N) is 3. The van der Waals surface area contributed by atoms with Crippen LogP contribution in [0.3, 0.4) is 0 Å². The number of urea groups is 1. The summed E-state index contributed by atoms with van der Waals surface area (Å²) in [5, 5.41) is 6.87. The lowest BCUT2D eigenvalue weighted by Gasteiger charge is -2.28. The molecule has 2 heterocycles. The molecule has 0 radical (unpaired) electrons. The van der Waals surface area contributed by atoms with Crippen LogP contribution in [0.1, 0.15) is 31.2 Å². The van der Waals surface area contributed by atoms with E-state index in [0.717, 1.165) is 24.3 Å². The van der Waals surface area contributed by atoms with Gasteiger partial charge in [-0.2, -0.15) is 0 Å². The normalized spacial score (nSPS) is 16.8. The molecular weight excluding hydrogens is 276 g/mol. The van der Waals surface area contributed by atoms with Crippen molar-refractivity contribution in [2.24, 2.45) is 0 Å². The average molecular weight is 300 g/mol. The summed E-state index contributed by atoms with van der Waals surface area (Å²) in [6.07, 6.45) is 4.52. The van der Waals surface area contributed by atoms with Crippen LogP contribution < -0.4 is 10.6 Å². The molecule has 22 heavy (non-hydrogen) atoms. The summed E-state index contributed by atoms with van der Waals surface area (Å²) in [7, 11) is 2.18. The fraction of sp³-hybridized carbons (Fsp3) is 0.471. The van der Waals surface area contributed by atoms with Gasteiger partial charge in [-0.3, -0.25) is 0 Å². The highest BCUT2D eigenvalue weighted by Gasteiger charge is 2.21. The van der Waals surface area contributed by atoms with E-state index in [0.29, 0.717) is 12.5 Å². The van der Waals surface area contributed by atoms with Gasteiger partial charge in [0.05, 0.1) is 0 Å². The summed E-state index contributed by atoms with van der Waals surface area (Å²) in [6.45, 7) is 4.83. The number of hydrogen-bond acceptors (Lipinski definition) is 2. The largest absolute Gasteiger partial charge is 0.361 e. The Morgan fingerprint density at radius 1 is 1.36 bits per heavy atom. The van der Waals surface area contributed by atoms with Crippen molar-refractivity contribution in [1.29, 1.82) is 0 Å². The van der Waals surface area contributed by atoms with E-state index in [4.69, 9.17) is 0 Å². The number of likely N-dealkylation sites (tertiary alicyclic amines) is 1. The van der Waals surface area contributed by atoms with E-state index in [1.165, 1.54) is 23.8 Å². The Hall–Kier alpha value is -2.01. The highest BCUT2D eigenvalue weighted by atomic mass is 16.2. The smallest absolute Gasteiger partial charge is 0.319 e. The third kappa shape index (κ3) is 3.09. The van der Waals surface area contributed by atoms with Crippen molar-refractivity contribution in [3.8, 4) is 0 Å². The zero-order valence-corrected chi connectivity index (χ0v) is 13.3. The van der Waals surface area contributed by atoms with Crippen LogP contribution in [0.5, 0.6) is 0 Å². The molecule has 3 N–H and O–H groups in total. The number of anilines is 1. The Kier molecular flexibility index (Phi) is 4.34. The predicted octanol–water partition coefficient (Wildman–Crippen LogP) is 3.12. The molecule has 3 rings (SSSR count). The lowest BCUT2D eigenvalue weighted by atomic mass is 9.89.